The molecule has 0 bridgehead atoms. The number of nitrogens with one attached hydrogen (secondary N) is 1. The van der Waals surface area contributed by atoms with E-state index in [0.717, 1.165) is 5.56 Å². The van der Waals surface area contributed by atoms with Crippen LogP contribution in [-0.4, -0.2) is 27.8 Å². The van der Waals surface area contributed by atoms with Crippen LogP contribution in [-0.2, 0) is 34.3 Å². The van der Waals surface area contributed by atoms with E-state index in [4.69, 9.17) is 4.74 Å². The van der Waals surface area contributed by atoms with Crippen molar-refractivity contribution in [1.82, 2.24) is 15.1 Å². The number of benzene rings is 2. The topological polar surface area (TPSA) is 90.3 Å². The van der Waals surface area contributed by atoms with Gasteiger partial charge in [0, 0.05) is 19.0 Å². The second kappa shape index (κ2) is 8.64. The van der Waals surface area contributed by atoms with Crippen LogP contribution >= 0.6 is 0 Å². The van der Waals surface area contributed by atoms with Crippen LogP contribution in [0.4, 0.5) is 4.39 Å². The van der Waals surface area contributed by atoms with Crippen LogP contribution in [0.5, 0.6) is 0 Å². The van der Waals surface area contributed by atoms with Crippen molar-refractivity contribution in [1.29, 1.82) is 0 Å². The first-order chi connectivity index (χ1) is 13.8. The number of halogens is 1. The summed E-state index contributed by atoms with van der Waals surface area (Å²) in [5, 5.41) is 7.81. The van der Waals surface area contributed by atoms with Crippen molar-refractivity contribution < 1.29 is 18.7 Å². The number of aromatic nitrogens is 2. The first-order valence-electron chi connectivity index (χ1n) is 9.01. The highest BCUT2D eigenvalue weighted by molar-refractivity contribution is 5.88. The third-order valence-electron chi connectivity index (χ3n) is 4.40. The molecule has 29 heavy (non-hydrogen) atoms. The minimum atomic E-state index is -1.01. The number of nitrogens with zero attached hydrogens (tertiary/aromatic N) is 2. The van der Waals surface area contributed by atoms with E-state index >= 15 is 0 Å². The monoisotopic (exact) mass is 397 g/mol. The molecule has 150 valence electrons. The molecule has 0 fully saturated rings. The maximum atomic E-state index is 12.9. The summed E-state index contributed by atoms with van der Waals surface area (Å²) in [6.07, 6.45) is -1.19. The minimum Gasteiger partial charge on any atom is -0.452 e. The number of ether oxygens (including phenoxy) is 1. The van der Waals surface area contributed by atoms with Gasteiger partial charge in [0.2, 0.25) is 0 Å². The Hall–Kier alpha value is -3.55. The van der Waals surface area contributed by atoms with Crippen LogP contribution in [0.15, 0.2) is 53.3 Å². The predicted octanol–water partition coefficient (Wildman–Crippen LogP) is 1.86. The summed E-state index contributed by atoms with van der Waals surface area (Å²) >= 11 is 0. The van der Waals surface area contributed by atoms with Gasteiger partial charge in [-0.3, -0.25) is 14.4 Å². The summed E-state index contributed by atoms with van der Waals surface area (Å²) in [5.74, 6) is -1.46. The van der Waals surface area contributed by atoms with Crippen LogP contribution < -0.4 is 10.9 Å². The summed E-state index contributed by atoms with van der Waals surface area (Å²) in [6, 6.07) is 12.6. The zero-order valence-corrected chi connectivity index (χ0v) is 16.0. The molecule has 3 rings (SSSR count). The van der Waals surface area contributed by atoms with Gasteiger partial charge in [-0.25, -0.2) is 9.07 Å². The number of hydrogen-bond donors (Lipinski definition) is 1. The molecule has 8 heteroatoms. The maximum absolute atomic E-state index is 12.9. The lowest BCUT2D eigenvalue weighted by molar-refractivity contribution is -0.154. The van der Waals surface area contributed by atoms with Crippen molar-refractivity contribution in [2.45, 2.75) is 26.0 Å². The fourth-order valence-electron chi connectivity index (χ4n) is 2.87. The molecule has 2 aromatic carbocycles. The molecule has 3 aromatic rings. The summed E-state index contributed by atoms with van der Waals surface area (Å²) < 4.78 is 19.3. The first-order valence-corrected chi connectivity index (χ1v) is 9.01. The summed E-state index contributed by atoms with van der Waals surface area (Å²) in [6.45, 7) is 1.65. The van der Waals surface area contributed by atoms with Crippen molar-refractivity contribution in [2.75, 3.05) is 0 Å². The highest BCUT2D eigenvalue weighted by Crippen LogP contribution is 2.14. The Morgan fingerprint density at radius 1 is 1.14 bits per heavy atom. The number of carbonyl (C=O) groups excluding carboxylic acids is 2. The van der Waals surface area contributed by atoms with Gasteiger partial charge >= 0.3 is 5.97 Å². The number of aryl methyl sites for hydroxylation is 1. The largest absolute Gasteiger partial charge is 0.452 e. The quantitative estimate of drug-likeness (QED) is 0.642. The molecule has 0 saturated carbocycles. The zero-order chi connectivity index (χ0) is 21.0. The molecule has 0 saturated heterocycles. The Bertz CT molecular complexity index is 1110. The molecule has 0 spiro atoms. The van der Waals surface area contributed by atoms with Gasteiger partial charge in [-0.05, 0) is 30.7 Å². The second-order valence-electron chi connectivity index (χ2n) is 6.57. The molecule has 1 heterocycles. The third kappa shape index (κ3) is 4.84. The first kappa shape index (κ1) is 20.2. The highest BCUT2D eigenvalue weighted by atomic mass is 19.1. The van der Waals surface area contributed by atoms with E-state index in [1.165, 1.54) is 30.8 Å². The standard InChI is InChI=1S/C21H20FN3O4/c1-13(20(27)23-12-14-7-9-15(22)10-8-14)29-19(26)11-18-16-5-3-4-6-17(16)21(28)25(2)24-18/h3-10,13H,11-12H2,1-2H3,(H,23,27)/t13-/m1/s1. The Balaban J connectivity index is 1.62. The van der Waals surface area contributed by atoms with Gasteiger partial charge in [0.1, 0.15) is 5.82 Å². The lowest BCUT2D eigenvalue weighted by Gasteiger charge is -2.14. The molecule has 0 unspecified atom stereocenters. The number of hydrogen-bond acceptors (Lipinski definition) is 5. The SMILES string of the molecule is C[C@@H](OC(=O)Cc1nn(C)c(=O)c2ccccc12)C(=O)NCc1ccc(F)cc1. The van der Waals surface area contributed by atoms with E-state index in [0.29, 0.717) is 16.5 Å². The number of rotatable bonds is 6. The van der Waals surface area contributed by atoms with E-state index < -0.39 is 18.0 Å². The summed E-state index contributed by atoms with van der Waals surface area (Å²) in [7, 11) is 1.51. The maximum Gasteiger partial charge on any atom is 0.312 e. The van der Waals surface area contributed by atoms with E-state index in [9.17, 15) is 18.8 Å². The van der Waals surface area contributed by atoms with Gasteiger partial charge < -0.3 is 10.1 Å². The van der Waals surface area contributed by atoms with Crippen LogP contribution in [0.3, 0.4) is 0 Å². The molecule has 1 amide bonds. The van der Waals surface area contributed by atoms with Crippen molar-refractivity contribution in [3.8, 4) is 0 Å². The lowest BCUT2D eigenvalue weighted by Crippen LogP contribution is -2.36. The average molecular weight is 397 g/mol. The van der Waals surface area contributed by atoms with E-state index in [1.807, 2.05) is 0 Å². The summed E-state index contributed by atoms with van der Waals surface area (Å²) in [4.78, 5) is 36.6. The zero-order valence-electron chi connectivity index (χ0n) is 16.0. The van der Waals surface area contributed by atoms with Crippen LogP contribution in [0.2, 0.25) is 0 Å². The van der Waals surface area contributed by atoms with Gasteiger partial charge in [-0.1, -0.05) is 30.3 Å². The van der Waals surface area contributed by atoms with E-state index in [2.05, 4.69) is 10.4 Å². The van der Waals surface area contributed by atoms with Gasteiger partial charge in [0.05, 0.1) is 17.5 Å². The van der Waals surface area contributed by atoms with Crippen molar-refractivity contribution in [2.24, 2.45) is 7.05 Å². The van der Waals surface area contributed by atoms with Gasteiger partial charge in [0.15, 0.2) is 6.10 Å². The van der Waals surface area contributed by atoms with Crippen molar-refractivity contribution in [3.05, 3.63) is 76.0 Å². The second-order valence-corrected chi connectivity index (χ2v) is 6.57. The Morgan fingerprint density at radius 3 is 2.48 bits per heavy atom. The molecule has 1 N–H and O–H groups in total. The molecule has 0 aliphatic carbocycles. The Kier molecular flexibility index (Phi) is 6.01. The average Bonchev–Trinajstić information content (AvgIpc) is 2.71. The van der Waals surface area contributed by atoms with Crippen LogP contribution in [0.1, 0.15) is 18.2 Å². The number of amides is 1. The van der Waals surface area contributed by atoms with Crippen molar-refractivity contribution >= 4 is 22.6 Å². The molecule has 1 aromatic heterocycles. The number of fused-ring (bicyclic) bond motifs is 1. The third-order valence-corrected chi connectivity index (χ3v) is 4.40. The molecular weight excluding hydrogens is 377 g/mol. The Labute approximate surface area is 166 Å². The fourth-order valence-corrected chi connectivity index (χ4v) is 2.87. The molecular formula is C21H20FN3O4. The van der Waals surface area contributed by atoms with Crippen LogP contribution in [0.25, 0.3) is 10.8 Å². The predicted molar refractivity (Wildman–Crippen MR) is 104 cm³/mol. The van der Waals surface area contributed by atoms with Gasteiger partial charge in [-0.15, -0.1) is 0 Å². The smallest absolute Gasteiger partial charge is 0.312 e. The number of esters is 1. The normalized spacial score (nSPS) is 11.8. The van der Waals surface area contributed by atoms with E-state index in [-0.39, 0.29) is 24.3 Å². The summed E-state index contributed by atoms with van der Waals surface area (Å²) in [5.41, 5.74) is 0.858. The Morgan fingerprint density at radius 2 is 1.79 bits per heavy atom. The van der Waals surface area contributed by atoms with Gasteiger partial charge in [0.25, 0.3) is 11.5 Å². The molecule has 7 nitrogen and oxygen atoms in total. The molecule has 0 aliphatic heterocycles. The van der Waals surface area contributed by atoms with E-state index in [1.54, 1.807) is 36.4 Å². The lowest BCUT2D eigenvalue weighted by atomic mass is 10.1. The molecule has 1 atom stereocenters. The minimum absolute atomic E-state index is 0.176. The molecule has 0 radical (unpaired) electrons. The number of carbonyl (C=O) groups is 2. The molecule has 0 aliphatic rings. The van der Waals surface area contributed by atoms with Gasteiger partial charge in [-0.2, -0.15) is 5.10 Å². The highest BCUT2D eigenvalue weighted by Gasteiger charge is 2.19. The van der Waals surface area contributed by atoms with Crippen LogP contribution in [0, 0.1) is 5.82 Å². The van der Waals surface area contributed by atoms with Crippen molar-refractivity contribution in [3.63, 3.8) is 0 Å². The fraction of sp³-hybridized carbons (Fsp3) is 0.238.